The second-order valence-corrected chi connectivity index (χ2v) is 6.58. The predicted octanol–water partition coefficient (Wildman–Crippen LogP) is 2.21. The van der Waals surface area contributed by atoms with Crippen LogP contribution in [0.4, 0.5) is 0 Å². The maximum absolute atomic E-state index is 12.2. The van der Waals surface area contributed by atoms with Gasteiger partial charge in [-0.3, -0.25) is 0 Å². The summed E-state index contributed by atoms with van der Waals surface area (Å²) in [4.78, 5) is 0.239. The van der Waals surface area contributed by atoms with Crippen LogP contribution in [0.25, 0.3) is 0 Å². The van der Waals surface area contributed by atoms with Crippen molar-refractivity contribution in [1.29, 1.82) is 0 Å². The lowest BCUT2D eigenvalue weighted by Crippen LogP contribution is -2.26. The molecule has 1 aromatic carbocycles. The standard InChI is InChI=1S/C15H20N2O3S/c1-2-15(16)12-5-3-7-14(11-12)21(18,19)17-9-8-13-6-4-10-20-13/h3-7,10-11,15,17H,2,8-9,16H2,1H3. The van der Waals surface area contributed by atoms with Gasteiger partial charge in [0, 0.05) is 19.0 Å². The Morgan fingerprint density at radius 1 is 1.29 bits per heavy atom. The van der Waals surface area contributed by atoms with Gasteiger partial charge in [-0.25, -0.2) is 13.1 Å². The first-order chi connectivity index (χ1) is 10.0. The van der Waals surface area contributed by atoms with E-state index in [1.165, 1.54) is 0 Å². The largest absolute Gasteiger partial charge is 0.469 e. The molecule has 5 nitrogen and oxygen atoms in total. The minimum absolute atomic E-state index is 0.150. The highest BCUT2D eigenvalue weighted by molar-refractivity contribution is 7.89. The highest BCUT2D eigenvalue weighted by Crippen LogP contribution is 2.18. The highest BCUT2D eigenvalue weighted by Gasteiger charge is 2.15. The molecule has 2 rings (SSSR count). The second-order valence-electron chi connectivity index (χ2n) is 4.81. The highest BCUT2D eigenvalue weighted by atomic mass is 32.2. The molecule has 114 valence electrons. The third-order valence-corrected chi connectivity index (χ3v) is 4.74. The number of rotatable bonds is 7. The molecule has 0 saturated carbocycles. The van der Waals surface area contributed by atoms with E-state index < -0.39 is 10.0 Å². The predicted molar refractivity (Wildman–Crippen MR) is 81.3 cm³/mol. The smallest absolute Gasteiger partial charge is 0.240 e. The molecule has 1 heterocycles. The van der Waals surface area contributed by atoms with Crippen LogP contribution in [0.3, 0.4) is 0 Å². The van der Waals surface area contributed by atoms with Crippen molar-refractivity contribution in [3.8, 4) is 0 Å². The maximum Gasteiger partial charge on any atom is 0.240 e. The summed E-state index contributed by atoms with van der Waals surface area (Å²) in [7, 11) is -3.52. The minimum Gasteiger partial charge on any atom is -0.469 e. The van der Waals surface area contributed by atoms with Gasteiger partial charge in [0.2, 0.25) is 10.0 Å². The monoisotopic (exact) mass is 308 g/mol. The van der Waals surface area contributed by atoms with Crippen molar-refractivity contribution in [2.24, 2.45) is 5.73 Å². The Hall–Kier alpha value is -1.63. The summed E-state index contributed by atoms with van der Waals surface area (Å²) >= 11 is 0. The molecule has 2 aromatic rings. The number of nitrogens with one attached hydrogen (secondary N) is 1. The Kier molecular flexibility index (Phi) is 5.17. The van der Waals surface area contributed by atoms with Gasteiger partial charge in [-0.15, -0.1) is 0 Å². The van der Waals surface area contributed by atoms with Gasteiger partial charge in [0.25, 0.3) is 0 Å². The third kappa shape index (κ3) is 4.17. The maximum atomic E-state index is 12.2. The van der Waals surface area contributed by atoms with Gasteiger partial charge >= 0.3 is 0 Å². The fourth-order valence-corrected chi connectivity index (χ4v) is 3.08. The van der Waals surface area contributed by atoms with Crippen molar-refractivity contribution < 1.29 is 12.8 Å². The summed E-state index contributed by atoms with van der Waals surface area (Å²) < 4.78 is 32.2. The van der Waals surface area contributed by atoms with Crippen molar-refractivity contribution in [3.05, 3.63) is 54.0 Å². The molecule has 1 unspecified atom stereocenters. The van der Waals surface area contributed by atoms with Crippen LogP contribution < -0.4 is 10.5 Å². The van der Waals surface area contributed by atoms with Crippen LogP contribution in [-0.2, 0) is 16.4 Å². The van der Waals surface area contributed by atoms with E-state index in [9.17, 15) is 8.42 Å². The summed E-state index contributed by atoms with van der Waals surface area (Å²) in [6, 6.07) is 10.2. The van der Waals surface area contributed by atoms with E-state index in [0.29, 0.717) is 13.0 Å². The Balaban J connectivity index is 2.05. The van der Waals surface area contributed by atoms with Crippen LogP contribution in [0.5, 0.6) is 0 Å². The lowest BCUT2D eigenvalue weighted by molar-refractivity contribution is 0.506. The second kappa shape index (κ2) is 6.89. The van der Waals surface area contributed by atoms with Gasteiger partial charge in [-0.2, -0.15) is 0 Å². The van der Waals surface area contributed by atoms with Crippen molar-refractivity contribution in [3.63, 3.8) is 0 Å². The lowest BCUT2D eigenvalue weighted by atomic mass is 10.1. The first kappa shape index (κ1) is 15.8. The molecule has 1 aromatic heterocycles. The van der Waals surface area contributed by atoms with Gasteiger partial charge in [0.1, 0.15) is 5.76 Å². The molecule has 6 heteroatoms. The molecule has 0 bridgehead atoms. The van der Waals surface area contributed by atoms with E-state index >= 15 is 0 Å². The zero-order valence-corrected chi connectivity index (χ0v) is 12.8. The minimum atomic E-state index is -3.52. The molecule has 21 heavy (non-hydrogen) atoms. The average Bonchev–Trinajstić information content (AvgIpc) is 2.99. The zero-order valence-electron chi connectivity index (χ0n) is 12.0. The van der Waals surface area contributed by atoms with Gasteiger partial charge < -0.3 is 10.2 Å². The first-order valence-corrected chi connectivity index (χ1v) is 8.39. The third-order valence-electron chi connectivity index (χ3n) is 3.28. The Morgan fingerprint density at radius 3 is 2.76 bits per heavy atom. The number of hydrogen-bond acceptors (Lipinski definition) is 4. The molecule has 0 aliphatic rings. The van der Waals surface area contributed by atoms with Crippen molar-refractivity contribution >= 4 is 10.0 Å². The Morgan fingerprint density at radius 2 is 2.10 bits per heavy atom. The van der Waals surface area contributed by atoms with Gasteiger partial charge in [0.05, 0.1) is 11.2 Å². The molecule has 0 radical (unpaired) electrons. The van der Waals surface area contributed by atoms with Crippen molar-refractivity contribution in [1.82, 2.24) is 4.72 Å². The molecule has 3 N–H and O–H groups in total. The number of sulfonamides is 1. The van der Waals surface area contributed by atoms with Crippen LogP contribution in [0.1, 0.15) is 30.7 Å². The van der Waals surface area contributed by atoms with Gasteiger partial charge in [0.15, 0.2) is 0 Å². The van der Waals surface area contributed by atoms with Crippen LogP contribution in [-0.4, -0.2) is 15.0 Å². The summed E-state index contributed by atoms with van der Waals surface area (Å²) in [5, 5.41) is 0. The molecule has 1 atom stereocenters. The molecular formula is C15H20N2O3S. The van der Waals surface area contributed by atoms with E-state index in [2.05, 4.69) is 4.72 Å². The van der Waals surface area contributed by atoms with E-state index in [1.807, 2.05) is 19.1 Å². The van der Waals surface area contributed by atoms with Crippen molar-refractivity contribution in [2.45, 2.75) is 30.7 Å². The molecule has 0 saturated heterocycles. The zero-order chi connectivity index (χ0) is 15.3. The quantitative estimate of drug-likeness (QED) is 0.821. The van der Waals surface area contributed by atoms with Gasteiger partial charge in [-0.05, 0) is 36.2 Å². The topological polar surface area (TPSA) is 85.3 Å². The average molecular weight is 308 g/mol. The molecule has 0 aliphatic carbocycles. The number of benzene rings is 1. The number of hydrogen-bond donors (Lipinski definition) is 2. The summed E-state index contributed by atoms with van der Waals surface area (Å²) in [6.45, 7) is 2.26. The number of furan rings is 1. The van der Waals surface area contributed by atoms with E-state index in [-0.39, 0.29) is 10.9 Å². The van der Waals surface area contributed by atoms with Crippen LogP contribution in [0, 0.1) is 0 Å². The SMILES string of the molecule is CCC(N)c1cccc(S(=O)(=O)NCCc2ccco2)c1. The molecule has 0 fully saturated rings. The number of nitrogens with two attached hydrogens (primary N) is 1. The fourth-order valence-electron chi connectivity index (χ4n) is 1.99. The van der Waals surface area contributed by atoms with E-state index in [4.69, 9.17) is 10.2 Å². The van der Waals surface area contributed by atoms with E-state index in [0.717, 1.165) is 17.7 Å². The van der Waals surface area contributed by atoms with Gasteiger partial charge in [-0.1, -0.05) is 19.1 Å². The molecular weight excluding hydrogens is 288 g/mol. The summed E-state index contributed by atoms with van der Waals surface area (Å²) in [6.07, 6.45) is 2.84. The Labute approximate surface area is 125 Å². The normalized spacial score (nSPS) is 13.2. The summed E-state index contributed by atoms with van der Waals surface area (Å²) in [5.41, 5.74) is 6.77. The lowest BCUT2D eigenvalue weighted by Gasteiger charge is -2.11. The van der Waals surface area contributed by atoms with Crippen molar-refractivity contribution in [2.75, 3.05) is 6.54 Å². The molecule has 0 amide bonds. The summed E-state index contributed by atoms with van der Waals surface area (Å²) in [5.74, 6) is 0.749. The Bertz CT molecular complexity index is 666. The van der Waals surface area contributed by atoms with E-state index in [1.54, 1.807) is 30.5 Å². The van der Waals surface area contributed by atoms with Crippen LogP contribution in [0.2, 0.25) is 0 Å². The molecule has 0 aliphatic heterocycles. The first-order valence-electron chi connectivity index (χ1n) is 6.90. The molecule has 0 spiro atoms. The van der Waals surface area contributed by atoms with Crippen LogP contribution >= 0.6 is 0 Å². The van der Waals surface area contributed by atoms with Crippen LogP contribution in [0.15, 0.2) is 52.0 Å². The fraction of sp³-hybridized carbons (Fsp3) is 0.333.